The number of rotatable bonds is 4. The van der Waals surface area contributed by atoms with Crippen molar-refractivity contribution in [2.45, 2.75) is 30.1 Å². The molecule has 0 amide bonds. The molecule has 0 aromatic heterocycles. The smallest absolute Gasteiger partial charge is 0.0205 e. The molecule has 1 aromatic rings. The summed E-state index contributed by atoms with van der Waals surface area (Å²) in [4.78, 5) is 2.39. The van der Waals surface area contributed by atoms with E-state index in [9.17, 15) is 0 Å². The zero-order valence-corrected chi connectivity index (χ0v) is 9.87. The van der Waals surface area contributed by atoms with Crippen molar-refractivity contribution in [1.29, 1.82) is 0 Å². The molecule has 0 heterocycles. The second-order valence-electron chi connectivity index (χ2n) is 3.50. The van der Waals surface area contributed by atoms with Gasteiger partial charge in [0, 0.05) is 9.79 Å². The van der Waals surface area contributed by atoms with Gasteiger partial charge in [-0.25, -0.2) is 0 Å². The number of hydrogen-bond donors (Lipinski definition) is 1. The van der Waals surface area contributed by atoms with Crippen molar-refractivity contribution < 1.29 is 0 Å². The van der Waals surface area contributed by atoms with E-state index in [0.717, 1.165) is 10.8 Å². The maximum absolute atomic E-state index is 4.40. The number of thiol groups is 1. The van der Waals surface area contributed by atoms with Gasteiger partial charge < -0.3 is 0 Å². The molecule has 0 aliphatic carbocycles. The Morgan fingerprint density at radius 3 is 2.62 bits per heavy atom. The molecule has 0 radical (unpaired) electrons. The first-order chi connectivity index (χ1) is 6.20. The fraction of sp³-hybridized carbons (Fsp3) is 0.455. The zero-order chi connectivity index (χ0) is 9.68. The lowest BCUT2D eigenvalue weighted by Crippen LogP contribution is -1.89. The SMILES string of the molecule is CC(C)CCSc1ccccc1S. The summed E-state index contributed by atoms with van der Waals surface area (Å²) in [6.45, 7) is 4.51. The summed E-state index contributed by atoms with van der Waals surface area (Å²) >= 11 is 6.30. The lowest BCUT2D eigenvalue weighted by Gasteiger charge is -2.05. The molecule has 13 heavy (non-hydrogen) atoms. The molecule has 0 fully saturated rings. The van der Waals surface area contributed by atoms with Gasteiger partial charge in [-0.05, 0) is 30.2 Å². The summed E-state index contributed by atoms with van der Waals surface area (Å²) in [7, 11) is 0. The minimum absolute atomic E-state index is 0.791. The van der Waals surface area contributed by atoms with E-state index in [1.165, 1.54) is 17.1 Å². The minimum Gasteiger partial charge on any atom is -0.142 e. The van der Waals surface area contributed by atoms with Gasteiger partial charge in [-0.3, -0.25) is 0 Å². The molecule has 0 aliphatic heterocycles. The van der Waals surface area contributed by atoms with Crippen LogP contribution in [0.4, 0.5) is 0 Å². The molecule has 0 atom stereocenters. The van der Waals surface area contributed by atoms with Gasteiger partial charge >= 0.3 is 0 Å². The molecule has 0 bridgehead atoms. The second-order valence-corrected chi connectivity index (χ2v) is 5.12. The monoisotopic (exact) mass is 212 g/mol. The van der Waals surface area contributed by atoms with Gasteiger partial charge in [0.1, 0.15) is 0 Å². The molecular formula is C11H16S2. The van der Waals surface area contributed by atoms with Gasteiger partial charge in [0.15, 0.2) is 0 Å². The van der Waals surface area contributed by atoms with Crippen LogP contribution in [0.15, 0.2) is 34.1 Å². The van der Waals surface area contributed by atoms with Crippen LogP contribution in [-0.4, -0.2) is 5.75 Å². The normalized spacial score (nSPS) is 10.8. The Kier molecular flexibility index (Phi) is 4.74. The third kappa shape index (κ3) is 4.10. The van der Waals surface area contributed by atoms with Crippen molar-refractivity contribution in [3.8, 4) is 0 Å². The number of hydrogen-bond acceptors (Lipinski definition) is 2. The molecule has 0 saturated carbocycles. The third-order valence-electron chi connectivity index (χ3n) is 1.82. The van der Waals surface area contributed by atoms with Gasteiger partial charge in [0.25, 0.3) is 0 Å². The van der Waals surface area contributed by atoms with Gasteiger partial charge in [-0.2, -0.15) is 0 Å². The Hall–Kier alpha value is -0.0800. The molecule has 0 N–H and O–H groups in total. The van der Waals surface area contributed by atoms with Crippen molar-refractivity contribution in [2.24, 2.45) is 5.92 Å². The Balaban J connectivity index is 2.41. The second kappa shape index (κ2) is 5.61. The summed E-state index contributed by atoms with van der Waals surface area (Å²) in [5, 5.41) is 0. The van der Waals surface area contributed by atoms with E-state index in [1.807, 2.05) is 23.9 Å². The lowest BCUT2D eigenvalue weighted by molar-refractivity contribution is 0.632. The highest BCUT2D eigenvalue weighted by molar-refractivity contribution is 7.99. The Bertz CT molecular complexity index is 256. The topological polar surface area (TPSA) is 0 Å². The molecule has 1 aromatic carbocycles. The highest BCUT2D eigenvalue weighted by Gasteiger charge is 1.99. The van der Waals surface area contributed by atoms with E-state index in [-0.39, 0.29) is 0 Å². The van der Waals surface area contributed by atoms with Crippen LogP contribution in [0.3, 0.4) is 0 Å². The van der Waals surface area contributed by atoms with Crippen LogP contribution in [0.1, 0.15) is 20.3 Å². The van der Waals surface area contributed by atoms with Gasteiger partial charge in [0.2, 0.25) is 0 Å². The van der Waals surface area contributed by atoms with Crippen molar-refractivity contribution in [1.82, 2.24) is 0 Å². The maximum Gasteiger partial charge on any atom is 0.0205 e. The van der Waals surface area contributed by atoms with Gasteiger partial charge in [-0.1, -0.05) is 26.0 Å². The number of thioether (sulfide) groups is 1. The standard InChI is InChI=1S/C11H16S2/c1-9(2)7-8-13-11-6-4-3-5-10(11)12/h3-6,9,12H,7-8H2,1-2H3. The lowest BCUT2D eigenvalue weighted by atomic mass is 10.2. The summed E-state index contributed by atoms with van der Waals surface area (Å²) in [5.74, 6) is 1.98. The molecule has 1 rings (SSSR count). The highest BCUT2D eigenvalue weighted by atomic mass is 32.2. The molecule has 0 unspecified atom stereocenters. The maximum atomic E-state index is 4.40. The molecule has 0 spiro atoms. The Morgan fingerprint density at radius 2 is 2.00 bits per heavy atom. The predicted octanol–water partition coefficient (Wildman–Crippen LogP) is 4.11. The van der Waals surface area contributed by atoms with E-state index in [1.54, 1.807) is 0 Å². The third-order valence-corrected chi connectivity index (χ3v) is 3.47. The molecule has 0 aliphatic rings. The van der Waals surface area contributed by atoms with Crippen molar-refractivity contribution >= 4 is 24.4 Å². The first-order valence-corrected chi connectivity index (χ1v) is 6.04. The molecule has 0 nitrogen and oxygen atoms in total. The van der Waals surface area contributed by atoms with Crippen molar-refractivity contribution in [2.75, 3.05) is 5.75 Å². The minimum atomic E-state index is 0.791. The largest absolute Gasteiger partial charge is 0.142 e. The first-order valence-electron chi connectivity index (χ1n) is 4.61. The van der Waals surface area contributed by atoms with Gasteiger partial charge in [-0.15, -0.1) is 24.4 Å². The van der Waals surface area contributed by atoms with Crippen LogP contribution in [0.2, 0.25) is 0 Å². The van der Waals surface area contributed by atoms with E-state index in [4.69, 9.17) is 0 Å². The summed E-state index contributed by atoms with van der Waals surface area (Å²) in [6, 6.07) is 8.26. The van der Waals surface area contributed by atoms with E-state index >= 15 is 0 Å². The molecule has 72 valence electrons. The summed E-state index contributed by atoms with van der Waals surface area (Å²) in [5.41, 5.74) is 0. The van der Waals surface area contributed by atoms with Crippen molar-refractivity contribution in [3.05, 3.63) is 24.3 Å². The van der Waals surface area contributed by atoms with Crippen LogP contribution in [-0.2, 0) is 0 Å². The average Bonchev–Trinajstić information content (AvgIpc) is 2.08. The summed E-state index contributed by atoms with van der Waals surface area (Å²) in [6.07, 6.45) is 1.27. The fourth-order valence-electron chi connectivity index (χ4n) is 0.984. The zero-order valence-electron chi connectivity index (χ0n) is 8.16. The first kappa shape index (κ1) is 11.0. The van der Waals surface area contributed by atoms with Gasteiger partial charge in [0.05, 0.1) is 0 Å². The average molecular weight is 212 g/mol. The van der Waals surface area contributed by atoms with Crippen molar-refractivity contribution in [3.63, 3.8) is 0 Å². The van der Waals surface area contributed by atoms with Crippen LogP contribution in [0.5, 0.6) is 0 Å². The van der Waals surface area contributed by atoms with Crippen LogP contribution >= 0.6 is 24.4 Å². The van der Waals surface area contributed by atoms with Crippen LogP contribution in [0, 0.1) is 5.92 Å². The molecule has 0 saturated heterocycles. The highest BCUT2D eigenvalue weighted by Crippen LogP contribution is 2.26. The van der Waals surface area contributed by atoms with E-state index < -0.39 is 0 Å². The van der Waals surface area contributed by atoms with Crippen LogP contribution in [0.25, 0.3) is 0 Å². The Labute approximate surface area is 90.5 Å². The molecular weight excluding hydrogens is 196 g/mol. The molecule has 2 heteroatoms. The number of benzene rings is 1. The fourth-order valence-corrected chi connectivity index (χ4v) is 2.54. The van der Waals surface area contributed by atoms with Crippen LogP contribution < -0.4 is 0 Å². The van der Waals surface area contributed by atoms with E-state index in [2.05, 4.69) is 38.6 Å². The predicted molar refractivity (Wildman–Crippen MR) is 63.9 cm³/mol. The quantitative estimate of drug-likeness (QED) is 0.579. The summed E-state index contributed by atoms with van der Waals surface area (Å²) < 4.78 is 0. The Morgan fingerprint density at radius 1 is 1.31 bits per heavy atom. The van der Waals surface area contributed by atoms with E-state index in [0.29, 0.717) is 0 Å².